The van der Waals surface area contributed by atoms with Crippen LogP contribution in [-0.2, 0) is 29.3 Å². The molecule has 1 amide bonds. The molecule has 0 saturated carbocycles. The number of carbonyl (C=O) groups excluding carboxylic acids is 2. The van der Waals surface area contributed by atoms with E-state index in [9.17, 15) is 24.8 Å². The van der Waals surface area contributed by atoms with Crippen LogP contribution in [-0.4, -0.2) is 80.3 Å². The summed E-state index contributed by atoms with van der Waals surface area (Å²) in [6.45, 7) is 5.84. The average molecular weight is 507 g/mol. The average Bonchev–Trinajstić information content (AvgIpc) is 3.32. The molecule has 0 spiro atoms. The molecule has 0 aromatic carbocycles. The molecule has 4 atom stereocenters. The van der Waals surface area contributed by atoms with Gasteiger partial charge in [-0.25, -0.2) is 23.9 Å². The molecule has 1 fully saturated rings. The van der Waals surface area contributed by atoms with Crippen LogP contribution >= 0.6 is 0 Å². The Morgan fingerprint density at radius 3 is 2.50 bits per heavy atom. The summed E-state index contributed by atoms with van der Waals surface area (Å²) in [4.78, 5) is 39.1. The lowest BCUT2D eigenvalue weighted by molar-refractivity contribution is -0.0771. The molecule has 2 aromatic rings. The van der Waals surface area contributed by atoms with Crippen LogP contribution in [0.5, 0.6) is 0 Å². The van der Waals surface area contributed by atoms with Gasteiger partial charge in [0.05, 0.1) is 17.9 Å². The van der Waals surface area contributed by atoms with Crippen molar-refractivity contribution in [3.63, 3.8) is 0 Å². The minimum Gasteiger partial charge on any atom is -0.465 e. The molecule has 194 valence electrons. The van der Waals surface area contributed by atoms with Crippen molar-refractivity contribution in [3.8, 4) is 6.07 Å². The fourth-order valence-corrected chi connectivity index (χ4v) is 3.56. The Labute approximate surface area is 204 Å². The van der Waals surface area contributed by atoms with Crippen LogP contribution in [0.3, 0.4) is 0 Å². The number of carbonyl (C=O) groups is 3. The first kappa shape index (κ1) is 26.4. The number of aliphatic hydroxyl groups excluding tert-OH is 1. The van der Waals surface area contributed by atoms with Crippen molar-refractivity contribution in [2.75, 3.05) is 11.9 Å². The highest BCUT2D eigenvalue weighted by Crippen LogP contribution is 2.42. The number of aromatic nitrogens is 3. The van der Waals surface area contributed by atoms with Gasteiger partial charge < -0.3 is 33.9 Å². The van der Waals surface area contributed by atoms with Crippen LogP contribution in [0.1, 0.15) is 33.4 Å². The van der Waals surface area contributed by atoms with Gasteiger partial charge in [0.25, 0.3) is 0 Å². The van der Waals surface area contributed by atoms with E-state index in [0.717, 1.165) is 10.8 Å². The van der Waals surface area contributed by atoms with E-state index in [1.807, 2.05) is 6.07 Å². The molecular formula is C21H25N5O10. The number of hydrogen-bond acceptors (Lipinski definition) is 12. The lowest BCUT2D eigenvalue weighted by Gasteiger charge is -2.24. The first-order valence-electron chi connectivity index (χ1n) is 10.8. The van der Waals surface area contributed by atoms with Crippen molar-refractivity contribution in [2.24, 2.45) is 0 Å². The van der Waals surface area contributed by atoms with Crippen LogP contribution in [0.15, 0.2) is 18.5 Å². The van der Waals surface area contributed by atoms with Crippen LogP contribution in [0.25, 0.3) is 5.52 Å². The molecule has 15 nitrogen and oxygen atoms in total. The standard InChI is InChI=1S/C21H25N5O10/c1-10(2)33-19(30)32-7-13-15(35-20(31)34-11(3)4)16(27)21(8-22,36-13)14-6-5-12-17(25-18(28)29)23-9-24-26(12)14/h5-6,9-11,13,15-16,27H,7H2,1-4H3,(H,28,29)(H,23,24,25)/t13-,15-,16-,21+/m1/s1. The van der Waals surface area contributed by atoms with Crippen molar-refractivity contribution in [3.05, 3.63) is 24.2 Å². The summed E-state index contributed by atoms with van der Waals surface area (Å²) in [6.07, 6.45) is -8.17. The lowest BCUT2D eigenvalue weighted by atomic mass is 9.92. The molecule has 3 heterocycles. The number of fused-ring (bicyclic) bond motifs is 1. The molecule has 0 bridgehead atoms. The third kappa shape index (κ3) is 5.39. The number of nitriles is 1. The van der Waals surface area contributed by atoms with Gasteiger partial charge in [-0.2, -0.15) is 10.4 Å². The van der Waals surface area contributed by atoms with Crippen LogP contribution in [0, 0.1) is 11.3 Å². The number of carboxylic acid groups (broad SMARTS) is 1. The van der Waals surface area contributed by atoms with Crippen molar-refractivity contribution >= 4 is 29.7 Å². The fraction of sp³-hybridized carbons (Fsp3) is 0.524. The molecule has 1 aliphatic rings. The van der Waals surface area contributed by atoms with Crippen molar-refractivity contribution in [1.29, 1.82) is 5.26 Å². The smallest absolute Gasteiger partial charge is 0.465 e. The van der Waals surface area contributed by atoms with E-state index in [2.05, 4.69) is 15.4 Å². The molecule has 0 unspecified atom stereocenters. The summed E-state index contributed by atoms with van der Waals surface area (Å²) in [7, 11) is 0. The summed E-state index contributed by atoms with van der Waals surface area (Å²) in [5.41, 5.74) is -2.06. The maximum Gasteiger partial charge on any atom is 0.508 e. The number of aliphatic hydroxyl groups is 1. The van der Waals surface area contributed by atoms with E-state index >= 15 is 0 Å². The maximum atomic E-state index is 12.2. The van der Waals surface area contributed by atoms with E-state index in [1.165, 1.54) is 12.1 Å². The molecule has 0 aliphatic carbocycles. The number of hydrogen-bond donors (Lipinski definition) is 3. The monoisotopic (exact) mass is 507 g/mol. The Bertz CT molecular complexity index is 1180. The van der Waals surface area contributed by atoms with E-state index in [4.69, 9.17) is 28.8 Å². The molecule has 1 saturated heterocycles. The summed E-state index contributed by atoms with van der Waals surface area (Å²) in [6, 6.07) is 4.65. The van der Waals surface area contributed by atoms with Gasteiger partial charge in [-0.15, -0.1) is 0 Å². The highest BCUT2D eigenvalue weighted by Gasteiger charge is 2.60. The SMILES string of the molecule is CC(C)OC(=O)OC[C@H]1O[C@@](C#N)(c2ccc3c(NC(=O)O)ncnn23)[C@H](O)[C@@H]1OC(=O)OC(C)C. The molecule has 2 aromatic heterocycles. The van der Waals surface area contributed by atoms with E-state index in [-0.39, 0.29) is 17.0 Å². The zero-order valence-corrected chi connectivity index (χ0v) is 19.8. The number of amides is 1. The summed E-state index contributed by atoms with van der Waals surface area (Å²) in [5.74, 6) is -0.0889. The largest absolute Gasteiger partial charge is 0.508 e. The molecule has 15 heteroatoms. The van der Waals surface area contributed by atoms with Crippen molar-refractivity contribution < 1.29 is 48.3 Å². The van der Waals surface area contributed by atoms with Crippen LogP contribution in [0.2, 0.25) is 0 Å². The van der Waals surface area contributed by atoms with Gasteiger partial charge in [-0.05, 0) is 39.8 Å². The quantitative estimate of drug-likeness (QED) is 0.458. The number of nitrogens with zero attached hydrogens (tertiary/aromatic N) is 4. The molecule has 1 aliphatic heterocycles. The molecular weight excluding hydrogens is 482 g/mol. The third-order valence-corrected chi connectivity index (χ3v) is 4.92. The van der Waals surface area contributed by atoms with Gasteiger partial charge in [-0.3, -0.25) is 5.32 Å². The zero-order valence-electron chi connectivity index (χ0n) is 19.8. The highest BCUT2D eigenvalue weighted by atomic mass is 16.8. The van der Waals surface area contributed by atoms with Gasteiger partial charge >= 0.3 is 18.4 Å². The third-order valence-electron chi connectivity index (χ3n) is 4.92. The summed E-state index contributed by atoms with van der Waals surface area (Å²) < 4.78 is 27.2. The minimum atomic E-state index is -2.18. The maximum absolute atomic E-state index is 12.2. The fourth-order valence-electron chi connectivity index (χ4n) is 3.56. The van der Waals surface area contributed by atoms with Gasteiger partial charge in [0.2, 0.25) is 5.60 Å². The van der Waals surface area contributed by atoms with E-state index in [1.54, 1.807) is 27.7 Å². The van der Waals surface area contributed by atoms with E-state index in [0.29, 0.717) is 0 Å². The zero-order chi connectivity index (χ0) is 26.6. The second-order valence-corrected chi connectivity index (χ2v) is 8.23. The first-order chi connectivity index (χ1) is 17.0. The topological polar surface area (TPSA) is 204 Å². The number of rotatable bonds is 7. The van der Waals surface area contributed by atoms with Crippen molar-refractivity contribution in [1.82, 2.24) is 14.6 Å². The second-order valence-electron chi connectivity index (χ2n) is 8.23. The number of nitrogens with one attached hydrogen (secondary N) is 1. The van der Waals surface area contributed by atoms with Gasteiger partial charge in [0, 0.05) is 0 Å². The minimum absolute atomic E-state index is 0.0265. The second kappa shape index (κ2) is 10.6. The van der Waals surface area contributed by atoms with E-state index < -0.39 is 61.1 Å². The van der Waals surface area contributed by atoms with Gasteiger partial charge in [0.15, 0.2) is 11.9 Å². The molecule has 36 heavy (non-hydrogen) atoms. The molecule has 3 N–H and O–H groups in total. The Balaban J connectivity index is 1.99. The normalized spacial score (nSPS) is 23.3. The molecule has 3 rings (SSSR count). The van der Waals surface area contributed by atoms with Crippen LogP contribution in [0.4, 0.5) is 20.2 Å². The number of anilines is 1. The van der Waals surface area contributed by atoms with Gasteiger partial charge in [-0.1, -0.05) is 0 Å². The number of ether oxygens (including phenoxy) is 5. The lowest BCUT2D eigenvalue weighted by Crippen LogP contribution is -2.43. The highest BCUT2D eigenvalue weighted by molar-refractivity contribution is 5.87. The Kier molecular flexibility index (Phi) is 7.80. The molecule has 0 radical (unpaired) electrons. The van der Waals surface area contributed by atoms with Gasteiger partial charge in [0.1, 0.15) is 36.7 Å². The predicted octanol–water partition coefficient (Wildman–Crippen LogP) is 1.79. The first-order valence-corrected chi connectivity index (χ1v) is 10.8. The predicted molar refractivity (Wildman–Crippen MR) is 117 cm³/mol. The Morgan fingerprint density at radius 2 is 1.89 bits per heavy atom. The van der Waals surface area contributed by atoms with Crippen LogP contribution < -0.4 is 5.32 Å². The Morgan fingerprint density at radius 1 is 1.22 bits per heavy atom. The summed E-state index contributed by atoms with van der Waals surface area (Å²) >= 11 is 0. The van der Waals surface area contributed by atoms with Crippen molar-refractivity contribution in [2.45, 2.75) is 63.8 Å². The summed E-state index contributed by atoms with van der Waals surface area (Å²) in [5, 5.41) is 36.5. The Hall–Kier alpha value is -4.16.